The summed E-state index contributed by atoms with van der Waals surface area (Å²) in [6, 6.07) is 0. The minimum Gasteiger partial charge on any atom is -0.327 e. The number of aryl methyl sites for hydroxylation is 1. The van der Waals surface area contributed by atoms with Gasteiger partial charge in [-0.1, -0.05) is 0 Å². The topological polar surface area (TPSA) is 34.9 Å². The van der Waals surface area contributed by atoms with Crippen molar-refractivity contribution < 1.29 is 4.79 Å². The van der Waals surface area contributed by atoms with Gasteiger partial charge in [0.1, 0.15) is 0 Å². The summed E-state index contributed by atoms with van der Waals surface area (Å²) in [5.74, 6) is 0.311. The number of Topliss-reactive ketones (excluding diaryl/α,β-unsaturated/α-hetero) is 1. The molecule has 52 valence electrons. The summed E-state index contributed by atoms with van der Waals surface area (Å²) in [6.07, 6.45) is 5.09. The van der Waals surface area contributed by atoms with Crippen molar-refractivity contribution in [3.63, 3.8) is 0 Å². The van der Waals surface area contributed by atoms with Crippen LogP contribution in [-0.4, -0.2) is 15.3 Å². The SMILES string of the molecule is O=C1CCc2cncn2C1. The second-order valence-electron chi connectivity index (χ2n) is 2.55. The number of hydrogen-bond acceptors (Lipinski definition) is 2. The molecule has 3 nitrogen and oxygen atoms in total. The molecule has 10 heavy (non-hydrogen) atoms. The molecule has 0 N–H and O–H groups in total. The second-order valence-corrected chi connectivity index (χ2v) is 2.55. The molecule has 0 amide bonds. The second kappa shape index (κ2) is 1.94. The third-order valence-electron chi connectivity index (χ3n) is 1.81. The van der Waals surface area contributed by atoms with Crippen molar-refractivity contribution >= 4 is 5.78 Å². The molecule has 1 aromatic heterocycles. The highest BCUT2D eigenvalue weighted by Gasteiger charge is 2.13. The van der Waals surface area contributed by atoms with Crippen molar-refractivity contribution in [2.24, 2.45) is 0 Å². The Balaban J connectivity index is 2.39. The van der Waals surface area contributed by atoms with Crippen molar-refractivity contribution in [1.82, 2.24) is 9.55 Å². The number of nitrogens with zero attached hydrogens (tertiary/aromatic N) is 2. The molecule has 0 unspecified atom stereocenters. The van der Waals surface area contributed by atoms with Gasteiger partial charge in [0.05, 0.1) is 12.9 Å². The van der Waals surface area contributed by atoms with Gasteiger partial charge in [0, 0.05) is 18.3 Å². The summed E-state index contributed by atoms with van der Waals surface area (Å²) in [5, 5.41) is 0. The van der Waals surface area contributed by atoms with E-state index in [1.54, 1.807) is 6.33 Å². The van der Waals surface area contributed by atoms with E-state index in [1.807, 2.05) is 10.8 Å². The Hall–Kier alpha value is -1.12. The fourth-order valence-electron chi connectivity index (χ4n) is 1.24. The fourth-order valence-corrected chi connectivity index (χ4v) is 1.24. The third kappa shape index (κ3) is 0.744. The van der Waals surface area contributed by atoms with Crippen molar-refractivity contribution in [2.45, 2.75) is 19.4 Å². The fraction of sp³-hybridized carbons (Fsp3) is 0.429. The molecule has 1 aliphatic heterocycles. The van der Waals surface area contributed by atoms with Gasteiger partial charge in [0.15, 0.2) is 5.78 Å². The van der Waals surface area contributed by atoms with Crippen LogP contribution in [0.4, 0.5) is 0 Å². The van der Waals surface area contributed by atoms with Crippen LogP contribution in [0, 0.1) is 0 Å². The van der Waals surface area contributed by atoms with E-state index in [-0.39, 0.29) is 0 Å². The highest BCUT2D eigenvalue weighted by Crippen LogP contribution is 2.09. The molecular formula is C7H8N2O. The van der Waals surface area contributed by atoms with Crippen LogP contribution in [0.1, 0.15) is 12.1 Å². The van der Waals surface area contributed by atoms with E-state index in [2.05, 4.69) is 4.98 Å². The van der Waals surface area contributed by atoms with Gasteiger partial charge in [-0.05, 0) is 6.42 Å². The number of hydrogen-bond donors (Lipinski definition) is 0. The van der Waals surface area contributed by atoms with E-state index in [9.17, 15) is 4.79 Å². The van der Waals surface area contributed by atoms with E-state index >= 15 is 0 Å². The number of imidazole rings is 1. The quantitative estimate of drug-likeness (QED) is 0.517. The lowest BCUT2D eigenvalue weighted by Gasteiger charge is -2.11. The van der Waals surface area contributed by atoms with Crippen molar-refractivity contribution in [1.29, 1.82) is 0 Å². The standard InChI is InChI=1S/C7H8N2O/c10-7-2-1-6-3-8-5-9(6)4-7/h3,5H,1-2,4H2. The normalized spacial score (nSPS) is 17.0. The molecule has 0 atom stereocenters. The van der Waals surface area contributed by atoms with Crippen LogP contribution >= 0.6 is 0 Å². The zero-order valence-corrected chi connectivity index (χ0v) is 5.58. The van der Waals surface area contributed by atoms with E-state index in [4.69, 9.17) is 0 Å². The van der Waals surface area contributed by atoms with Gasteiger partial charge < -0.3 is 4.57 Å². The molecule has 1 aliphatic rings. The Morgan fingerprint density at radius 1 is 1.50 bits per heavy atom. The molecule has 2 rings (SSSR count). The van der Waals surface area contributed by atoms with Crippen LogP contribution < -0.4 is 0 Å². The molecule has 0 aromatic carbocycles. The van der Waals surface area contributed by atoms with Crippen LogP contribution in [0.5, 0.6) is 0 Å². The molecule has 0 radical (unpaired) electrons. The first-order chi connectivity index (χ1) is 4.86. The number of carbonyl (C=O) groups excluding carboxylic acids is 1. The summed E-state index contributed by atoms with van der Waals surface area (Å²) >= 11 is 0. The lowest BCUT2D eigenvalue weighted by Crippen LogP contribution is -2.18. The molecule has 3 heteroatoms. The van der Waals surface area contributed by atoms with Gasteiger partial charge in [0.2, 0.25) is 0 Å². The van der Waals surface area contributed by atoms with E-state index in [1.165, 1.54) is 5.69 Å². The number of fused-ring (bicyclic) bond motifs is 1. The summed E-state index contributed by atoms with van der Waals surface area (Å²) in [6.45, 7) is 0.523. The minimum atomic E-state index is 0.311. The van der Waals surface area contributed by atoms with Crippen LogP contribution in [0.15, 0.2) is 12.5 Å². The zero-order valence-electron chi connectivity index (χ0n) is 5.58. The molecule has 0 bridgehead atoms. The average molecular weight is 136 g/mol. The Labute approximate surface area is 58.7 Å². The molecule has 0 saturated heterocycles. The van der Waals surface area contributed by atoms with Crippen LogP contribution in [0.2, 0.25) is 0 Å². The number of rotatable bonds is 0. The lowest BCUT2D eigenvalue weighted by atomic mass is 10.1. The van der Waals surface area contributed by atoms with E-state index in [0.717, 1.165) is 6.42 Å². The summed E-state index contributed by atoms with van der Waals surface area (Å²) in [7, 11) is 0. The molecule has 0 saturated carbocycles. The van der Waals surface area contributed by atoms with Gasteiger partial charge in [-0.25, -0.2) is 4.98 Å². The Bertz CT molecular complexity index is 264. The maximum atomic E-state index is 10.9. The van der Waals surface area contributed by atoms with Gasteiger partial charge in [-0.2, -0.15) is 0 Å². The molecule has 1 aromatic rings. The molecule has 2 heterocycles. The zero-order chi connectivity index (χ0) is 6.97. The van der Waals surface area contributed by atoms with Gasteiger partial charge in [0.25, 0.3) is 0 Å². The molecule has 0 spiro atoms. The first-order valence-corrected chi connectivity index (χ1v) is 3.37. The first kappa shape index (κ1) is 5.65. The third-order valence-corrected chi connectivity index (χ3v) is 1.81. The van der Waals surface area contributed by atoms with E-state index in [0.29, 0.717) is 18.7 Å². The van der Waals surface area contributed by atoms with Crippen LogP contribution in [0.3, 0.4) is 0 Å². The summed E-state index contributed by atoms with van der Waals surface area (Å²) in [5.41, 5.74) is 1.18. The molecule has 0 fully saturated rings. The molecule has 0 aliphatic carbocycles. The lowest BCUT2D eigenvalue weighted by molar-refractivity contribution is -0.120. The highest BCUT2D eigenvalue weighted by molar-refractivity contribution is 5.79. The first-order valence-electron chi connectivity index (χ1n) is 3.37. The van der Waals surface area contributed by atoms with Gasteiger partial charge in [-0.15, -0.1) is 0 Å². The Morgan fingerprint density at radius 3 is 3.30 bits per heavy atom. The molecular weight excluding hydrogens is 128 g/mol. The van der Waals surface area contributed by atoms with Gasteiger partial charge in [-0.3, -0.25) is 4.79 Å². The predicted molar refractivity (Wildman–Crippen MR) is 35.6 cm³/mol. The Morgan fingerprint density at radius 2 is 2.40 bits per heavy atom. The minimum absolute atomic E-state index is 0.311. The van der Waals surface area contributed by atoms with Crippen LogP contribution in [0.25, 0.3) is 0 Å². The largest absolute Gasteiger partial charge is 0.327 e. The van der Waals surface area contributed by atoms with Crippen LogP contribution in [-0.2, 0) is 17.8 Å². The van der Waals surface area contributed by atoms with E-state index < -0.39 is 0 Å². The number of ketones is 1. The summed E-state index contributed by atoms with van der Waals surface area (Å²) < 4.78 is 1.91. The summed E-state index contributed by atoms with van der Waals surface area (Å²) in [4.78, 5) is 14.8. The smallest absolute Gasteiger partial charge is 0.152 e. The van der Waals surface area contributed by atoms with Crippen molar-refractivity contribution in [3.05, 3.63) is 18.2 Å². The monoisotopic (exact) mass is 136 g/mol. The van der Waals surface area contributed by atoms with Crippen molar-refractivity contribution in [3.8, 4) is 0 Å². The maximum absolute atomic E-state index is 10.9. The van der Waals surface area contributed by atoms with Gasteiger partial charge >= 0.3 is 0 Å². The highest BCUT2D eigenvalue weighted by atomic mass is 16.1. The Kier molecular flexibility index (Phi) is 1.09. The average Bonchev–Trinajstić information content (AvgIpc) is 2.33. The predicted octanol–water partition coefficient (Wildman–Crippen LogP) is 0.398. The number of aromatic nitrogens is 2. The maximum Gasteiger partial charge on any atom is 0.152 e. The van der Waals surface area contributed by atoms with Crippen molar-refractivity contribution in [2.75, 3.05) is 0 Å². The number of carbonyl (C=O) groups is 1.